The number of benzene rings is 1. The van der Waals surface area contributed by atoms with E-state index in [2.05, 4.69) is 34.3 Å². The minimum atomic E-state index is 0. The molecule has 0 aliphatic heterocycles. The quantitative estimate of drug-likeness (QED) is 0.685. The number of para-hydroxylation sites is 1. The summed E-state index contributed by atoms with van der Waals surface area (Å²) in [4.78, 5) is 4.04. The Hall–Kier alpha value is -2.75. The van der Waals surface area contributed by atoms with Crippen LogP contribution in [0.25, 0.3) is 0 Å². The number of pyridine rings is 1. The zero-order valence-corrected chi connectivity index (χ0v) is 14.7. The lowest BCUT2D eigenvalue weighted by Gasteiger charge is -2.12. The first-order chi connectivity index (χ1) is 11.7. The summed E-state index contributed by atoms with van der Waals surface area (Å²) in [6.45, 7) is 8.17. The maximum absolute atomic E-state index is 4.40. The van der Waals surface area contributed by atoms with E-state index in [1.807, 2.05) is 56.3 Å². The maximum atomic E-state index is 4.40. The number of nitrogens with one attached hydrogen (secondary N) is 1. The van der Waals surface area contributed by atoms with Crippen LogP contribution in [0.5, 0.6) is 0 Å². The Balaban J connectivity index is 0.00000101. The van der Waals surface area contributed by atoms with Gasteiger partial charge in [-0.05, 0) is 54.8 Å². The highest BCUT2D eigenvalue weighted by molar-refractivity contribution is 5.60. The molecule has 3 aromatic rings. The molecule has 0 amide bonds. The molecule has 3 rings (SSSR count). The average molecular weight is 336 g/mol. The van der Waals surface area contributed by atoms with E-state index in [1.165, 1.54) is 11.1 Å². The van der Waals surface area contributed by atoms with Crippen molar-refractivity contribution in [3.05, 3.63) is 77.2 Å². The molecular formula is C21H28N4. The fraction of sp³-hybridized carbons (Fsp3) is 0.286. The summed E-state index contributed by atoms with van der Waals surface area (Å²) in [5.41, 5.74) is 5.51. The summed E-state index contributed by atoms with van der Waals surface area (Å²) in [6, 6.07) is 14.0. The van der Waals surface area contributed by atoms with Gasteiger partial charge < -0.3 is 5.32 Å². The fourth-order valence-electron chi connectivity index (χ4n) is 2.29. The molecule has 0 aliphatic rings. The average Bonchev–Trinajstić information content (AvgIpc) is 2.65. The summed E-state index contributed by atoms with van der Waals surface area (Å²) < 4.78 is 0. The van der Waals surface area contributed by atoms with Crippen molar-refractivity contribution >= 4 is 11.5 Å². The van der Waals surface area contributed by atoms with Crippen LogP contribution in [0.4, 0.5) is 11.5 Å². The molecule has 0 atom stereocenters. The van der Waals surface area contributed by atoms with Crippen molar-refractivity contribution in [3.8, 4) is 0 Å². The van der Waals surface area contributed by atoms with E-state index in [9.17, 15) is 0 Å². The molecule has 0 bridgehead atoms. The van der Waals surface area contributed by atoms with Crippen LogP contribution in [-0.4, -0.2) is 15.2 Å². The van der Waals surface area contributed by atoms with Gasteiger partial charge in [0.2, 0.25) is 0 Å². The Morgan fingerprint density at radius 2 is 1.48 bits per heavy atom. The second-order valence-corrected chi connectivity index (χ2v) is 5.27. The van der Waals surface area contributed by atoms with Crippen LogP contribution in [0.15, 0.2) is 54.9 Å². The van der Waals surface area contributed by atoms with Gasteiger partial charge in [-0.1, -0.05) is 39.5 Å². The standard InChI is InChI=1S/C18H18N4.C2H6.CH4/c1-13-14(2)18(20-16-6-4-3-5-7-16)22-21-17(13)12-15-8-10-19-11-9-15;1-2;/h3-11H,12H2,1-2H3,(H,20,22);1-2H3;1H4. The van der Waals surface area contributed by atoms with Crippen molar-refractivity contribution in [2.75, 3.05) is 5.32 Å². The van der Waals surface area contributed by atoms with Crippen molar-refractivity contribution in [2.24, 2.45) is 0 Å². The van der Waals surface area contributed by atoms with Crippen LogP contribution in [0.1, 0.15) is 43.7 Å². The van der Waals surface area contributed by atoms with Gasteiger partial charge in [0, 0.05) is 24.5 Å². The van der Waals surface area contributed by atoms with E-state index in [4.69, 9.17) is 0 Å². The summed E-state index contributed by atoms with van der Waals surface area (Å²) in [5.74, 6) is 0.808. The minimum absolute atomic E-state index is 0. The predicted octanol–water partition coefficient (Wildman–Crippen LogP) is 5.49. The first kappa shape index (κ1) is 20.3. The van der Waals surface area contributed by atoms with Crippen LogP contribution in [-0.2, 0) is 6.42 Å². The number of anilines is 2. The normalized spacial score (nSPS) is 9.44. The van der Waals surface area contributed by atoms with E-state index in [1.54, 1.807) is 12.4 Å². The molecule has 0 saturated heterocycles. The zero-order valence-electron chi connectivity index (χ0n) is 14.7. The molecule has 0 radical (unpaired) electrons. The molecule has 4 nitrogen and oxygen atoms in total. The van der Waals surface area contributed by atoms with Crippen LogP contribution >= 0.6 is 0 Å². The second kappa shape index (κ2) is 10.2. The fourth-order valence-corrected chi connectivity index (χ4v) is 2.29. The van der Waals surface area contributed by atoms with E-state index >= 15 is 0 Å². The largest absolute Gasteiger partial charge is 0.339 e. The Kier molecular flexibility index (Phi) is 8.27. The third kappa shape index (κ3) is 5.38. The van der Waals surface area contributed by atoms with Crippen LogP contribution in [0, 0.1) is 13.8 Å². The van der Waals surface area contributed by atoms with Crippen molar-refractivity contribution in [3.63, 3.8) is 0 Å². The summed E-state index contributed by atoms with van der Waals surface area (Å²) in [6.07, 6.45) is 4.38. The summed E-state index contributed by atoms with van der Waals surface area (Å²) in [7, 11) is 0. The Morgan fingerprint density at radius 3 is 2.12 bits per heavy atom. The number of hydrogen-bond acceptors (Lipinski definition) is 4. The maximum Gasteiger partial charge on any atom is 0.156 e. The molecule has 0 unspecified atom stereocenters. The molecule has 0 aliphatic carbocycles. The van der Waals surface area contributed by atoms with Gasteiger partial charge in [0.25, 0.3) is 0 Å². The summed E-state index contributed by atoms with van der Waals surface area (Å²) >= 11 is 0. The predicted molar refractivity (Wildman–Crippen MR) is 106 cm³/mol. The van der Waals surface area contributed by atoms with Gasteiger partial charge in [0.15, 0.2) is 5.82 Å². The zero-order chi connectivity index (χ0) is 17.4. The third-order valence-electron chi connectivity index (χ3n) is 3.78. The highest BCUT2D eigenvalue weighted by Gasteiger charge is 2.10. The van der Waals surface area contributed by atoms with Gasteiger partial charge in [-0.25, -0.2) is 0 Å². The topological polar surface area (TPSA) is 50.7 Å². The van der Waals surface area contributed by atoms with Crippen LogP contribution in [0.2, 0.25) is 0 Å². The van der Waals surface area contributed by atoms with Crippen LogP contribution < -0.4 is 5.32 Å². The van der Waals surface area contributed by atoms with Crippen molar-refractivity contribution < 1.29 is 0 Å². The monoisotopic (exact) mass is 336 g/mol. The lowest BCUT2D eigenvalue weighted by atomic mass is 10.0. The molecule has 1 aromatic carbocycles. The minimum Gasteiger partial charge on any atom is -0.339 e. The van der Waals surface area contributed by atoms with Crippen molar-refractivity contribution in [2.45, 2.75) is 41.5 Å². The third-order valence-corrected chi connectivity index (χ3v) is 3.78. The lowest BCUT2D eigenvalue weighted by Crippen LogP contribution is -2.06. The first-order valence-corrected chi connectivity index (χ1v) is 8.28. The van der Waals surface area contributed by atoms with E-state index in [0.29, 0.717) is 0 Å². The van der Waals surface area contributed by atoms with E-state index in [0.717, 1.165) is 29.2 Å². The van der Waals surface area contributed by atoms with Gasteiger partial charge in [-0.15, -0.1) is 5.10 Å². The molecule has 0 saturated carbocycles. The molecule has 0 spiro atoms. The molecule has 4 heteroatoms. The highest BCUT2D eigenvalue weighted by Crippen LogP contribution is 2.22. The first-order valence-electron chi connectivity index (χ1n) is 8.28. The van der Waals surface area contributed by atoms with Crippen LogP contribution in [0.3, 0.4) is 0 Å². The second-order valence-electron chi connectivity index (χ2n) is 5.27. The van der Waals surface area contributed by atoms with E-state index < -0.39 is 0 Å². The Morgan fingerprint density at radius 1 is 0.840 bits per heavy atom. The number of rotatable bonds is 4. The Labute approximate surface area is 151 Å². The molecule has 132 valence electrons. The van der Waals surface area contributed by atoms with Gasteiger partial charge in [0.1, 0.15) is 0 Å². The van der Waals surface area contributed by atoms with E-state index in [-0.39, 0.29) is 7.43 Å². The van der Waals surface area contributed by atoms with Gasteiger partial charge in [0.05, 0.1) is 5.69 Å². The Bertz CT molecular complexity index is 689. The molecule has 0 fully saturated rings. The lowest BCUT2D eigenvalue weighted by molar-refractivity contribution is 0.909. The number of aromatic nitrogens is 3. The molecule has 2 aromatic heterocycles. The number of hydrogen-bond donors (Lipinski definition) is 1. The smallest absolute Gasteiger partial charge is 0.156 e. The van der Waals surface area contributed by atoms with Crippen molar-refractivity contribution in [1.29, 1.82) is 0 Å². The highest BCUT2D eigenvalue weighted by atomic mass is 15.2. The molecular weight excluding hydrogens is 308 g/mol. The summed E-state index contributed by atoms with van der Waals surface area (Å²) in [5, 5.41) is 12.1. The van der Waals surface area contributed by atoms with Gasteiger partial charge >= 0.3 is 0 Å². The SMILES string of the molecule is C.CC.Cc1c(Cc2ccncc2)nnc(Nc2ccccc2)c1C. The van der Waals surface area contributed by atoms with Crippen molar-refractivity contribution in [1.82, 2.24) is 15.2 Å². The molecule has 25 heavy (non-hydrogen) atoms. The molecule has 2 heterocycles. The van der Waals surface area contributed by atoms with Gasteiger partial charge in [-0.3, -0.25) is 4.98 Å². The number of nitrogens with zero attached hydrogens (tertiary/aromatic N) is 3. The van der Waals surface area contributed by atoms with Gasteiger partial charge in [-0.2, -0.15) is 5.10 Å². The molecule has 1 N–H and O–H groups in total.